The van der Waals surface area contributed by atoms with Crippen LogP contribution < -0.4 is 4.74 Å². The molecule has 0 bridgehead atoms. The number of carboxylic acids is 1. The number of alkyl halides is 3. The average molecular weight is 460 g/mol. The highest BCUT2D eigenvalue weighted by Gasteiger charge is 2.36. The van der Waals surface area contributed by atoms with Gasteiger partial charge in [-0.2, -0.15) is 13.2 Å². The summed E-state index contributed by atoms with van der Waals surface area (Å²) in [5.41, 5.74) is 0.0677. The fourth-order valence-electron chi connectivity index (χ4n) is 3.22. The number of hydrogen-bond acceptors (Lipinski definition) is 5. The van der Waals surface area contributed by atoms with Gasteiger partial charge in [-0.1, -0.05) is 42.5 Å². The number of aromatic hydroxyl groups is 1. The first-order valence-electron chi connectivity index (χ1n) is 9.64. The van der Waals surface area contributed by atoms with E-state index in [0.29, 0.717) is 11.8 Å². The van der Waals surface area contributed by atoms with Gasteiger partial charge in [0.2, 0.25) is 0 Å². The maximum Gasteiger partial charge on any atom is 0.419 e. The fraction of sp³-hybridized carbons (Fsp3) is 0.167. The lowest BCUT2D eigenvalue weighted by Gasteiger charge is -2.15. The number of esters is 1. The summed E-state index contributed by atoms with van der Waals surface area (Å²) in [6.07, 6.45) is -4.75. The van der Waals surface area contributed by atoms with Crippen molar-refractivity contribution in [1.29, 1.82) is 0 Å². The average Bonchev–Trinajstić information content (AvgIpc) is 2.77. The van der Waals surface area contributed by atoms with E-state index in [1.54, 1.807) is 30.3 Å². The molecule has 0 amide bonds. The number of carbonyl (C=O) groups excluding carboxylic acids is 1. The molecule has 0 saturated carbocycles. The summed E-state index contributed by atoms with van der Waals surface area (Å²) in [7, 11) is 1.32. The lowest BCUT2D eigenvalue weighted by atomic mass is 10.0. The van der Waals surface area contributed by atoms with Crippen molar-refractivity contribution in [1.82, 2.24) is 0 Å². The van der Waals surface area contributed by atoms with Gasteiger partial charge in [-0.05, 0) is 34.9 Å². The van der Waals surface area contributed by atoms with Crippen molar-refractivity contribution in [3.05, 3.63) is 82.9 Å². The number of hydrogen-bond donors (Lipinski definition) is 2. The topological polar surface area (TPSA) is 93.1 Å². The number of rotatable bonds is 7. The van der Waals surface area contributed by atoms with Gasteiger partial charge in [-0.15, -0.1) is 0 Å². The zero-order valence-corrected chi connectivity index (χ0v) is 17.3. The third kappa shape index (κ3) is 5.62. The first kappa shape index (κ1) is 23.6. The van der Waals surface area contributed by atoms with Crippen LogP contribution in [0.1, 0.15) is 27.0 Å². The summed E-state index contributed by atoms with van der Waals surface area (Å²) in [5, 5.41) is 19.1. The van der Waals surface area contributed by atoms with Crippen molar-refractivity contribution in [2.45, 2.75) is 19.2 Å². The van der Waals surface area contributed by atoms with Crippen molar-refractivity contribution < 1.29 is 42.4 Å². The Morgan fingerprint density at radius 3 is 2.27 bits per heavy atom. The number of carboxylic acid groups (broad SMARTS) is 1. The molecule has 0 aromatic heterocycles. The van der Waals surface area contributed by atoms with E-state index >= 15 is 0 Å². The van der Waals surface area contributed by atoms with Gasteiger partial charge in [-0.25, -0.2) is 4.79 Å². The van der Waals surface area contributed by atoms with E-state index in [4.69, 9.17) is 4.74 Å². The first-order valence-corrected chi connectivity index (χ1v) is 9.64. The van der Waals surface area contributed by atoms with Crippen LogP contribution in [0.3, 0.4) is 0 Å². The number of carbonyl (C=O) groups is 2. The molecular formula is C24H19F3O6. The Kier molecular flexibility index (Phi) is 6.91. The van der Waals surface area contributed by atoms with Gasteiger partial charge in [0.15, 0.2) is 0 Å². The van der Waals surface area contributed by atoms with Crippen LogP contribution in [0.25, 0.3) is 11.1 Å². The van der Waals surface area contributed by atoms with Crippen molar-refractivity contribution in [2.24, 2.45) is 0 Å². The van der Waals surface area contributed by atoms with Crippen molar-refractivity contribution in [2.75, 3.05) is 7.11 Å². The molecule has 0 radical (unpaired) electrons. The molecule has 0 unspecified atom stereocenters. The zero-order chi connectivity index (χ0) is 24.2. The third-order valence-corrected chi connectivity index (χ3v) is 4.87. The Balaban J connectivity index is 1.77. The summed E-state index contributed by atoms with van der Waals surface area (Å²) in [6, 6.07) is 15.6. The molecule has 3 aromatic carbocycles. The molecule has 9 heteroatoms. The van der Waals surface area contributed by atoms with E-state index < -0.39 is 29.0 Å². The molecule has 3 aromatic rings. The van der Waals surface area contributed by atoms with Crippen molar-refractivity contribution in [3.8, 4) is 22.6 Å². The molecule has 0 aliphatic heterocycles. The molecule has 2 N–H and O–H groups in total. The number of aromatic carboxylic acids is 1. The van der Waals surface area contributed by atoms with Crippen LogP contribution >= 0.6 is 0 Å². The second kappa shape index (κ2) is 9.64. The van der Waals surface area contributed by atoms with E-state index in [2.05, 4.69) is 4.74 Å². The van der Waals surface area contributed by atoms with Crippen LogP contribution in [0.4, 0.5) is 13.2 Å². The van der Waals surface area contributed by atoms with E-state index in [1.165, 1.54) is 7.11 Å². The Morgan fingerprint density at radius 1 is 0.970 bits per heavy atom. The summed E-state index contributed by atoms with van der Waals surface area (Å²) < 4.78 is 49.0. The highest BCUT2D eigenvalue weighted by molar-refractivity contribution is 5.93. The predicted octanol–water partition coefficient (Wildman–Crippen LogP) is 5.07. The van der Waals surface area contributed by atoms with E-state index in [9.17, 15) is 33.0 Å². The standard InChI is InChI=1S/C24H19F3O6/c1-32-20(28)12-14-3-2-4-16(11-14)15-5-8-18(9-6-15)33-13-17-7-10-19(24(25,26)27)22(29)21(17)23(30)31/h2-11,29H,12-13H2,1H3,(H,30,31). The van der Waals surface area contributed by atoms with Gasteiger partial charge in [0, 0.05) is 5.56 Å². The quantitative estimate of drug-likeness (QED) is 0.478. The van der Waals surface area contributed by atoms with Crippen LogP contribution in [0.15, 0.2) is 60.7 Å². The summed E-state index contributed by atoms with van der Waals surface area (Å²) in [5.74, 6) is -3.05. The van der Waals surface area contributed by atoms with E-state index in [1.807, 2.05) is 18.2 Å². The van der Waals surface area contributed by atoms with Gasteiger partial charge < -0.3 is 19.7 Å². The van der Waals surface area contributed by atoms with Gasteiger partial charge in [0.05, 0.1) is 19.1 Å². The summed E-state index contributed by atoms with van der Waals surface area (Å²) >= 11 is 0. The molecule has 33 heavy (non-hydrogen) atoms. The van der Waals surface area contributed by atoms with Gasteiger partial charge in [0.25, 0.3) is 0 Å². The zero-order valence-electron chi connectivity index (χ0n) is 17.3. The van der Waals surface area contributed by atoms with Gasteiger partial charge >= 0.3 is 18.1 Å². The smallest absolute Gasteiger partial charge is 0.419 e. The number of phenols is 1. The van der Waals surface area contributed by atoms with Crippen LogP contribution in [-0.2, 0) is 28.7 Å². The largest absolute Gasteiger partial charge is 0.506 e. The van der Waals surface area contributed by atoms with Gasteiger partial charge in [-0.3, -0.25) is 4.79 Å². The molecule has 0 saturated heterocycles. The predicted molar refractivity (Wildman–Crippen MR) is 112 cm³/mol. The van der Waals surface area contributed by atoms with Crippen molar-refractivity contribution >= 4 is 11.9 Å². The fourth-order valence-corrected chi connectivity index (χ4v) is 3.22. The molecule has 0 heterocycles. The van der Waals surface area contributed by atoms with Crippen LogP contribution in [-0.4, -0.2) is 29.3 Å². The van der Waals surface area contributed by atoms with E-state index in [-0.39, 0.29) is 24.6 Å². The highest BCUT2D eigenvalue weighted by atomic mass is 19.4. The Morgan fingerprint density at radius 2 is 1.67 bits per heavy atom. The summed E-state index contributed by atoms with van der Waals surface area (Å²) in [6.45, 7) is -0.360. The summed E-state index contributed by atoms with van der Waals surface area (Å²) in [4.78, 5) is 22.9. The number of halogens is 3. The third-order valence-electron chi connectivity index (χ3n) is 4.87. The maximum atomic E-state index is 13.0. The van der Waals surface area contributed by atoms with Crippen LogP contribution in [0.5, 0.6) is 11.5 Å². The molecule has 172 valence electrons. The number of ether oxygens (including phenoxy) is 2. The second-order valence-corrected chi connectivity index (χ2v) is 7.07. The molecule has 0 spiro atoms. The number of benzene rings is 3. The minimum atomic E-state index is -4.89. The van der Waals surface area contributed by atoms with Crippen LogP contribution in [0, 0.1) is 0 Å². The van der Waals surface area contributed by atoms with E-state index in [0.717, 1.165) is 22.8 Å². The Labute approximate surface area is 186 Å². The SMILES string of the molecule is COC(=O)Cc1cccc(-c2ccc(OCc3ccc(C(F)(F)F)c(O)c3C(=O)O)cc2)c1. The highest BCUT2D eigenvalue weighted by Crippen LogP contribution is 2.39. The Bertz CT molecular complexity index is 1170. The molecule has 0 atom stereocenters. The van der Waals surface area contributed by atoms with Gasteiger partial charge in [0.1, 0.15) is 23.7 Å². The first-order chi connectivity index (χ1) is 15.6. The van der Waals surface area contributed by atoms with Crippen LogP contribution in [0.2, 0.25) is 0 Å². The minimum Gasteiger partial charge on any atom is -0.506 e. The molecule has 0 aliphatic rings. The molecular weight excluding hydrogens is 441 g/mol. The number of methoxy groups -OCH3 is 1. The molecule has 0 aliphatic carbocycles. The van der Waals surface area contributed by atoms with Crippen molar-refractivity contribution in [3.63, 3.8) is 0 Å². The second-order valence-electron chi connectivity index (χ2n) is 7.07. The molecule has 6 nitrogen and oxygen atoms in total. The maximum absolute atomic E-state index is 13.0. The lowest BCUT2D eigenvalue weighted by Crippen LogP contribution is -2.12. The molecule has 0 fully saturated rings. The lowest BCUT2D eigenvalue weighted by molar-refractivity contribution is -0.140. The normalized spacial score (nSPS) is 11.2. The Hall–Kier alpha value is -4.01. The molecule has 3 rings (SSSR count). The minimum absolute atomic E-state index is 0.104. The monoisotopic (exact) mass is 460 g/mol.